The van der Waals surface area contributed by atoms with Crippen molar-refractivity contribution in [1.29, 1.82) is 0 Å². The van der Waals surface area contributed by atoms with Gasteiger partial charge in [-0.3, -0.25) is 0 Å². The summed E-state index contributed by atoms with van der Waals surface area (Å²) in [5.41, 5.74) is 1.49. The van der Waals surface area contributed by atoms with Gasteiger partial charge in [-0.05, 0) is 70.7 Å². The summed E-state index contributed by atoms with van der Waals surface area (Å²) < 4.78 is 29.4. The van der Waals surface area contributed by atoms with Gasteiger partial charge in [-0.15, -0.1) is 0 Å². The second kappa shape index (κ2) is 9.64. The molecule has 2 aliphatic rings. The molecule has 10 heteroatoms. The Hall–Kier alpha value is -2.88. The van der Waals surface area contributed by atoms with E-state index in [4.69, 9.17) is 4.74 Å². The number of aromatic nitrogens is 2. The molecule has 3 heterocycles. The molecular weight excluding hydrogens is 466 g/mol. The van der Waals surface area contributed by atoms with Crippen LogP contribution in [0.1, 0.15) is 46.1 Å². The average molecular weight is 502 g/mol. The van der Waals surface area contributed by atoms with Gasteiger partial charge in [0.05, 0.1) is 4.90 Å². The Bertz CT molecular complexity index is 1190. The van der Waals surface area contributed by atoms with Crippen molar-refractivity contribution in [1.82, 2.24) is 14.9 Å². The molecule has 1 amide bonds. The van der Waals surface area contributed by atoms with E-state index < -0.39 is 15.4 Å². The highest BCUT2D eigenvalue weighted by molar-refractivity contribution is 7.90. The lowest BCUT2D eigenvalue weighted by atomic mass is 10.0. The minimum absolute atomic E-state index is 0.255. The Balaban J connectivity index is 1.48. The number of nitrogens with zero attached hydrogens (tertiary/aromatic N) is 5. The van der Waals surface area contributed by atoms with Crippen LogP contribution < -0.4 is 9.80 Å². The van der Waals surface area contributed by atoms with E-state index in [1.54, 1.807) is 23.4 Å². The van der Waals surface area contributed by atoms with Gasteiger partial charge < -0.3 is 19.4 Å². The van der Waals surface area contributed by atoms with E-state index in [1.165, 1.54) is 6.26 Å². The minimum atomic E-state index is -3.24. The van der Waals surface area contributed by atoms with E-state index in [-0.39, 0.29) is 12.1 Å². The molecule has 0 atom stereocenters. The minimum Gasteiger partial charge on any atom is -0.444 e. The van der Waals surface area contributed by atoms with Crippen molar-refractivity contribution >= 4 is 33.3 Å². The maximum absolute atomic E-state index is 12.4. The summed E-state index contributed by atoms with van der Waals surface area (Å²) >= 11 is 0. The van der Waals surface area contributed by atoms with Gasteiger partial charge in [0.1, 0.15) is 23.6 Å². The van der Waals surface area contributed by atoms with Crippen LogP contribution in [0.5, 0.6) is 0 Å². The SMILES string of the molecule is CCN(c1cc(N2CCc3cc(S(C)(=O)=O)ccc32)ncn1)C1CCN(C(=O)OC(C)(C)C)CC1. The van der Waals surface area contributed by atoms with E-state index in [1.807, 2.05) is 32.9 Å². The van der Waals surface area contributed by atoms with E-state index in [0.29, 0.717) is 18.0 Å². The monoisotopic (exact) mass is 501 g/mol. The van der Waals surface area contributed by atoms with Crippen molar-refractivity contribution in [2.75, 3.05) is 42.2 Å². The first-order chi connectivity index (χ1) is 16.5. The molecule has 0 aliphatic carbocycles. The molecule has 1 saturated heterocycles. The Morgan fingerprint density at radius 1 is 1.14 bits per heavy atom. The number of amides is 1. The van der Waals surface area contributed by atoms with Crippen LogP contribution in [0.25, 0.3) is 0 Å². The third-order valence-corrected chi connectivity index (χ3v) is 7.59. The van der Waals surface area contributed by atoms with Crippen LogP contribution >= 0.6 is 0 Å². The standard InChI is InChI=1S/C25H35N5O4S/c1-6-29(19-10-12-28(13-11-19)24(31)34-25(2,3)4)22-16-23(27-17-26-22)30-14-9-18-15-20(35(5,32)33)7-8-21(18)30/h7-8,15-17,19H,6,9-14H2,1-5H3. The lowest BCUT2D eigenvalue weighted by Crippen LogP contribution is -2.48. The van der Waals surface area contributed by atoms with Crippen molar-refractivity contribution in [3.63, 3.8) is 0 Å². The lowest BCUT2D eigenvalue weighted by Gasteiger charge is -2.39. The maximum Gasteiger partial charge on any atom is 0.410 e. The number of carbonyl (C=O) groups is 1. The number of sulfone groups is 1. The van der Waals surface area contributed by atoms with Crippen molar-refractivity contribution in [2.24, 2.45) is 0 Å². The quantitative estimate of drug-likeness (QED) is 0.611. The number of hydrogen-bond donors (Lipinski definition) is 0. The van der Waals surface area contributed by atoms with Crippen LogP contribution in [-0.2, 0) is 21.0 Å². The maximum atomic E-state index is 12.4. The van der Waals surface area contributed by atoms with Crippen LogP contribution in [-0.4, -0.2) is 73.5 Å². The average Bonchev–Trinajstić information content (AvgIpc) is 3.22. The van der Waals surface area contributed by atoms with Gasteiger partial charge in [0, 0.05) is 50.2 Å². The Morgan fingerprint density at radius 2 is 1.86 bits per heavy atom. The molecule has 1 aromatic carbocycles. The van der Waals surface area contributed by atoms with Gasteiger partial charge in [-0.1, -0.05) is 0 Å². The number of ether oxygens (including phenoxy) is 1. The molecule has 0 N–H and O–H groups in total. The van der Waals surface area contributed by atoms with Crippen molar-refractivity contribution in [3.8, 4) is 0 Å². The van der Waals surface area contributed by atoms with Gasteiger partial charge in [0.2, 0.25) is 0 Å². The summed E-state index contributed by atoms with van der Waals surface area (Å²) in [6.45, 7) is 10.6. The third kappa shape index (κ3) is 5.69. The lowest BCUT2D eigenvalue weighted by molar-refractivity contribution is 0.0205. The molecule has 1 aromatic heterocycles. The molecule has 2 aliphatic heterocycles. The zero-order valence-corrected chi connectivity index (χ0v) is 22.0. The number of hydrogen-bond acceptors (Lipinski definition) is 8. The molecule has 0 bridgehead atoms. The number of piperidine rings is 1. The molecule has 2 aromatic rings. The van der Waals surface area contributed by atoms with Crippen LogP contribution in [0.3, 0.4) is 0 Å². The zero-order valence-electron chi connectivity index (χ0n) is 21.2. The number of benzene rings is 1. The normalized spacial score (nSPS) is 16.8. The first-order valence-corrected chi connectivity index (χ1v) is 14.0. The molecule has 9 nitrogen and oxygen atoms in total. The molecule has 1 fully saturated rings. The number of fused-ring (bicyclic) bond motifs is 1. The second-order valence-corrected chi connectivity index (χ2v) is 12.2. The fraction of sp³-hybridized carbons (Fsp3) is 0.560. The van der Waals surface area contributed by atoms with Gasteiger partial charge in [-0.2, -0.15) is 0 Å². The molecule has 190 valence electrons. The Labute approximate surface area is 208 Å². The molecular formula is C25H35N5O4S. The van der Waals surface area contributed by atoms with Gasteiger partial charge in [0.25, 0.3) is 0 Å². The highest BCUT2D eigenvalue weighted by atomic mass is 32.2. The molecule has 0 saturated carbocycles. The van der Waals surface area contributed by atoms with E-state index in [2.05, 4.69) is 26.7 Å². The summed E-state index contributed by atoms with van der Waals surface area (Å²) in [7, 11) is -3.24. The fourth-order valence-electron chi connectivity index (χ4n) is 4.78. The van der Waals surface area contributed by atoms with Crippen molar-refractivity contribution in [3.05, 3.63) is 36.2 Å². The van der Waals surface area contributed by atoms with Crippen molar-refractivity contribution in [2.45, 2.75) is 63.5 Å². The third-order valence-electron chi connectivity index (χ3n) is 6.48. The molecule has 0 radical (unpaired) electrons. The summed E-state index contributed by atoms with van der Waals surface area (Å²) in [5, 5.41) is 0. The number of anilines is 3. The topological polar surface area (TPSA) is 95.9 Å². The molecule has 0 spiro atoms. The first-order valence-electron chi connectivity index (χ1n) is 12.1. The molecule has 0 unspecified atom stereocenters. The van der Waals surface area contributed by atoms with Crippen molar-refractivity contribution < 1.29 is 17.9 Å². The smallest absolute Gasteiger partial charge is 0.410 e. The fourth-order valence-corrected chi connectivity index (χ4v) is 5.45. The highest BCUT2D eigenvalue weighted by Crippen LogP contribution is 2.36. The Morgan fingerprint density at radius 3 is 2.49 bits per heavy atom. The summed E-state index contributed by atoms with van der Waals surface area (Å²) in [4.78, 5) is 28.0. The van der Waals surface area contributed by atoms with Crippen LogP contribution in [0, 0.1) is 0 Å². The number of rotatable bonds is 5. The largest absolute Gasteiger partial charge is 0.444 e. The predicted octanol–water partition coefficient (Wildman–Crippen LogP) is 3.80. The molecule has 4 rings (SSSR count). The number of carbonyl (C=O) groups excluding carboxylic acids is 1. The number of likely N-dealkylation sites (tertiary alicyclic amines) is 1. The van der Waals surface area contributed by atoms with Crippen LogP contribution in [0.2, 0.25) is 0 Å². The van der Waals surface area contributed by atoms with Gasteiger partial charge in [0.15, 0.2) is 9.84 Å². The van der Waals surface area contributed by atoms with E-state index >= 15 is 0 Å². The van der Waals surface area contributed by atoms with Crippen LogP contribution in [0.15, 0.2) is 35.5 Å². The summed E-state index contributed by atoms with van der Waals surface area (Å²) in [5.74, 6) is 1.65. The second-order valence-electron chi connectivity index (χ2n) is 10.2. The summed E-state index contributed by atoms with van der Waals surface area (Å²) in [6, 6.07) is 7.56. The first kappa shape index (κ1) is 25.2. The highest BCUT2D eigenvalue weighted by Gasteiger charge is 2.30. The van der Waals surface area contributed by atoms with Crippen LogP contribution in [0.4, 0.5) is 22.1 Å². The van der Waals surface area contributed by atoms with E-state index in [0.717, 1.165) is 55.2 Å². The summed E-state index contributed by atoms with van der Waals surface area (Å²) in [6.07, 6.45) is 5.01. The molecule has 35 heavy (non-hydrogen) atoms. The van der Waals surface area contributed by atoms with E-state index in [9.17, 15) is 13.2 Å². The van der Waals surface area contributed by atoms with Gasteiger partial charge >= 0.3 is 6.09 Å². The Kier molecular flexibility index (Phi) is 6.95. The predicted molar refractivity (Wildman–Crippen MR) is 136 cm³/mol. The van der Waals surface area contributed by atoms with Gasteiger partial charge in [-0.25, -0.2) is 23.2 Å². The zero-order chi connectivity index (χ0) is 25.4.